The molecule has 144 valence electrons. The number of nitrogens with zero attached hydrogens (tertiary/aromatic N) is 1. The number of ether oxygens (including phenoxy) is 1. The van der Waals surface area contributed by atoms with Crippen LogP contribution < -0.4 is 4.74 Å². The highest BCUT2D eigenvalue weighted by Crippen LogP contribution is 2.23. The molecule has 1 aliphatic heterocycles. The Balaban J connectivity index is 1.74. The maximum atomic E-state index is 12.9. The van der Waals surface area contributed by atoms with Gasteiger partial charge in [-0.3, -0.25) is 4.79 Å². The lowest BCUT2D eigenvalue weighted by Gasteiger charge is -2.28. The second-order valence-electron chi connectivity index (χ2n) is 6.76. The highest BCUT2D eigenvalue weighted by Gasteiger charge is 2.34. The molecule has 1 aliphatic rings. The number of amides is 1. The van der Waals surface area contributed by atoms with Gasteiger partial charge in [0, 0.05) is 17.6 Å². The average molecular weight is 408 g/mol. The van der Waals surface area contributed by atoms with Crippen molar-refractivity contribution in [1.29, 1.82) is 0 Å². The highest BCUT2D eigenvalue weighted by atomic mass is 35.5. The first-order valence-corrected chi connectivity index (χ1v) is 11.0. The molecule has 5 nitrogen and oxygen atoms in total. The summed E-state index contributed by atoms with van der Waals surface area (Å²) in [5.41, 5.74) is 1.80. The SMILES string of the molecule is Cc1cc(Cl)ccc1OCC(=O)N(Cc1ccccc1)[C@@H]1CCS(=O)(=O)C1. The first-order valence-electron chi connectivity index (χ1n) is 8.77. The summed E-state index contributed by atoms with van der Waals surface area (Å²) in [6.45, 7) is 2.08. The van der Waals surface area contributed by atoms with Crippen molar-refractivity contribution in [3.05, 3.63) is 64.7 Å². The molecule has 7 heteroatoms. The fourth-order valence-electron chi connectivity index (χ4n) is 3.22. The predicted octanol–water partition coefficient (Wildman–Crippen LogP) is 3.24. The molecule has 0 unspecified atom stereocenters. The molecule has 0 aromatic heterocycles. The Kier molecular flexibility index (Phi) is 6.07. The third kappa shape index (κ3) is 5.23. The summed E-state index contributed by atoms with van der Waals surface area (Å²) in [5, 5.41) is 0.605. The molecule has 0 bridgehead atoms. The largest absolute Gasteiger partial charge is 0.483 e. The molecule has 2 aromatic rings. The molecule has 1 heterocycles. The summed E-state index contributed by atoms with van der Waals surface area (Å²) in [6.07, 6.45) is 0.459. The maximum absolute atomic E-state index is 12.9. The molecule has 1 saturated heterocycles. The molecule has 3 rings (SSSR count). The van der Waals surface area contributed by atoms with E-state index < -0.39 is 9.84 Å². The molecule has 0 saturated carbocycles. The molecule has 1 atom stereocenters. The topological polar surface area (TPSA) is 63.7 Å². The summed E-state index contributed by atoms with van der Waals surface area (Å²) in [6, 6.07) is 14.4. The van der Waals surface area contributed by atoms with E-state index >= 15 is 0 Å². The van der Waals surface area contributed by atoms with Crippen molar-refractivity contribution < 1.29 is 17.9 Å². The summed E-state index contributed by atoms with van der Waals surface area (Å²) in [5.74, 6) is 0.487. The van der Waals surface area contributed by atoms with E-state index in [0.717, 1.165) is 11.1 Å². The Bertz CT molecular complexity index is 915. The number of hydrogen-bond donors (Lipinski definition) is 0. The fourth-order valence-corrected chi connectivity index (χ4v) is 5.18. The molecule has 2 aromatic carbocycles. The van der Waals surface area contributed by atoms with E-state index in [4.69, 9.17) is 16.3 Å². The van der Waals surface area contributed by atoms with Crippen LogP contribution >= 0.6 is 11.6 Å². The van der Waals surface area contributed by atoms with Gasteiger partial charge in [-0.25, -0.2) is 8.42 Å². The lowest BCUT2D eigenvalue weighted by molar-refractivity contribution is -0.136. The lowest BCUT2D eigenvalue weighted by Crippen LogP contribution is -2.43. The van der Waals surface area contributed by atoms with E-state index in [1.807, 2.05) is 37.3 Å². The number of benzene rings is 2. The standard InChI is InChI=1S/C20H22ClNO4S/c1-15-11-17(21)7-8-19(15)26-13-20(23)22(12-16-5-3-2-4-6-16)18-9-10-27(24,25)14-18/h2-8,11,18H,9-10,12-14H2,1H3/t18-/m1/s1. The third-order valence-corrected chi connectivity index (χ3v) is 6.64. The van der Waals surface area contributed by atoms with Crippen LogP contribution in [-0.2, 0) is 21.2 Å². The average Bonchev–Trinajstić information content (AvgIpc) is 2.99. The second kappa shape index (κ2) is 8.31. The van der Waals surface area contributed by atoms with Crippen LogP contribution in [-0.4, -0.2) is 43.4 Å². The molecule has 1 fully saturated rings. The molecule has 27 heavy (non-hydrogen) atoms. The van der Waals surface area contributed by atoms with E-state index in [2.05, 4.69) is 0 Å². The Hall–Kier alpha value is -2.05. The number of rotatable bonds is 6. The summed E-state index contributed by atoms with van der Waals surface area (Å²) in [7, 11) is -3.09. The van der Waals surface area contributed by atoms with Gasteiger partial charge in [0.05, 0.1) is 11.5 Å². The number of halogens is 1. The monoisotopic (exact) mass is 407 g/mol. The predicted molar refractivity (Wildman–Crippen MR) is 106 cm³/mol. The zero-order chi connectivity index (χ0) is 19.4. The first kappa shape index (κ1) is 19.7. The van der Waals surface area contributed by atoms with Crippen LogP contribution in [0.5, 0.6) is 5.75 Å². The molecular weight excluding hydrogens is 386 g/mol. The Morgan fingerprint density at radius 3 is 2.59 bits per heavy atom. The van der Waals surface area contributed by atoms with E-state index in [1.54, 1.807) is 23.1 Å². The molecule has 0 radical (unpaired) electrons. The minimum absolute atomic E-state index is 0.00550. The smallest absolute Gasteiger partial charge is 0.261 e. The van der Waals surface area contributed by atoms with Crippen molar-refractivity contribution in [3.63, 3.8) is 0 Å². The van der Waals surface area contributed by atoms with Gasteiger partial charge >= 0.3 is 0 Å². The van der Waals surface area contributed by atoms with Gasteiger partial charge in [-0.05, 0) is 42.7 Å². The van der Waals surface area contributed by atoms with Crippen LogP contribution in [0.25, 0.3) is 0 Å². The Labute approximate surface area is 164 Å². The summed E-state index contributed by atoms with van der Waals surface area (Å²) < 4.78 is 29.5. The van der Waals surface area contributed by atoms with Crippen molar-refractivity contribution >= 4 is 27.3 Å². The Morgan fingerprint density at radius 1 is 1.22 bits per heavy atom. The number of aryl methyl sites for hydroxylation is 1. The minimum atomic E-state index is -3.09. The van der Waals surface area contributed by atoms with E-state index in [1.165, 1.54) is 0 Å². The highest BCUT2D eigenvalue weighted by molar-refractivity contribution is 7.91. The third-order valence-electron chi connectivity index (χ3n) is 4.65. The second-order valence-corrected chi connectivity index (χ2v) is 9.43. The molecule has 0 spiro atoms. The summed E-state index contributed by atoms with van der Waals surface area (Å²) in [4.78, 5) is 14.5. The van der Waals surface area contributed by atoms with Gasteiger partial charge in [0.1, 0.15) is 5.75 Å². The van der Waals surface area contributed by atoms with Crippen LogP contribution in [0.1, 0.15) is 17.5 Å². The number of carbonyl (C=O) groups excluding carboxylic acids is 1. The van der Waals surface area contributed by atoms with Gasteiger partial charge < -0.3 is 9.64 Å². The molecule has 0 aliphatic carbocycles. The maximum Gasteiger partial charge on any atom is 0.261 e. The normalized spacial score (nSPS) is 18.2. The van der Waals surface area contributed by atoms with E-state index in [-0.39, 0.29) is 30.1 Å². The first-order chi connectivity index (χ1) is 12.8. The van der Waals surface area contributed by atoms with Crippen molar-refractivity contribution in [1.82, 2.24) is 4.90 Å². The quantitative estimate of drug-likeness (QED) is 0.737. The number of carbonyl (C=O) groups is 1. The van der Waals surface area contributed by atoms with Crippen molar-refractivity contribution in [2.75, 3.05) is 18.1 Å². The van der Waals surface area contributed by atoms with Crippen LogP contribution in [0.15, 0.2) is 48.5 Å². The molecule has 1 amide bonds. The van der Waals surface area contributed by atoms with Gasteiger partial charge in [0.15, 0.2) is 16.4 Å². The number of sulfone groups is 1. The van der Waals surface area contributed by atoms with E-state index in [9.17, 15) is 13.2 Å². The van der Waals surface area contributed by atoms with Gasteiger partial charge in [-0.2, -0.15) is 0 Å². The van der Waals surface area contributed by atoms with Crippen LogP contribution in [0.4, 0.5) is 0 Å². The Morgan fingerprint density at radius 2 is 1.96 bits per heavy atom. The number of hydrogen-bond acceptors (Lipinski definition) is 4. The van der Waals surface area contributed by atoms with Gasteiger partial charge in [0.25, 0.3) is 5.91 Å². The minimum Gasteiger partial charge on any atom is -0.483 e. The lowest BCUT2D eigenvalue weighted by atomic mass is 10.1. The van der Waals surface area contributed by atoms with Crippen LogP contribution in [0.3, 0.4) is 0 Å². The van der Waals surface area contributed by atoms with Gasteiger partial charge in [-0.1, -0.05) is 41.9 Å². The fraction of sp³-hybridized carbons (Fsp3) is 0.350. The molecule has 0 N–H and O–H groups in total. The van der Waals surface area contributed by atoms with Crippen molar-refractivity contribution in [2.45, 2.75) is 25.9 Å². The van der Waals surface area contributed by atoms with Crippen molar-refractivity contribution in [2.24, 2.45) is 0 Å². The van der Waals surface area contributed by atoms with Crippen LogP contribution in [0, 0.1) is 6.92 Å². The van der Waals surface area contributed by atoms with Crippen molar-refractivity contribution in [3.8, 4) is 5.75 Å². The zero-order valence-electron chi connectivity index (χ0n) is 15.1. The molecular formula is C20H22ClNO4S. The summed E-state index contributed by atoms with van der Waals surface area (Å²) >= 11 is 5.95. The van der Waals surface area contributed by atoms with Gasteiger partial charge in [-0.15, -0.1) is 0 Å². The van der Waals surface area contributed by atoms with Crippen LogP contribution in [0.2, 0.25) is 5.02 Å². The van der Waals surface area contributed by atoms with E-state index in [0.29, 0.717) is 23.7 Å². The van der Waals surface area contributed by atoms with Gasteiger partial charge in [0.2, 0.25) is 0 Å². The zero-order valence-corrected chi connectivity index (χ0v) is 16.7.